The molecule has 3 aromatic rings. The Morgan fingerprint density at radius 3 is 2.80 bits per heavy atom. The number of nitrogens with one attached hydrogen (secondary N) is 1. The molecule has 0 spiro atoms. The first kappa shape index (κ1) is 16.4. The number of nitrogens with zero attached hydrogens (tertiary/aromatic N) is 1. The van der Waals surface area contributed by atoms with Gasteiger partial charge in [-0.15, -0.1) is 11.3 Å². The van der Waals surface area contributed by atoms with Crippen molar-refractivity contribution in [2.75, 3.05) is 5.32 Å². The summed E-state index contributed by atoms with van der Waals surface area (Å²) in [5.74, 6) is 0.0630. The number of hydrogen-bond acceptors (Lipinski definition) is 4. The number of anilines is 2. The SMILES string of the molecule is NC(=O)c1sc2c(ccc(=O)n2CC2CC2)c1Nc1cccc(Br)c1. The first-order valence-corrected chi connectivity index (χ1v) is 9.62. The molecule has 1 fully saturated rings. The van der Waals surface area contributed by atoms with Gasteiger partial charge in [0, 0.05) is 28.2 Å². The Bertz CT molecular complexity index is 1040. The summed E-state index contributed by atoms with van der Waals surface area (Å²) in [5.41, 5.74) is 7.07. The number of benzene rings is 1. The van der Waals surface area contributed by atoms with Crippen molar-refractivity contribution in [1.82, 2.24) is 4.57 Å². The van der Waals surface area contributed by atoms with Crippen LogP contribution in [0, 0.1) is 5.92 Å². The van der Waals surface area contributed by atoms with Gasteiger partial charge in [0.05, 0.1) is 5.69 Å². The lowest BCUT2D eigenvalue weighted by Crippen LogP contribution is -2.19. The van der Waals surface area contributed by atoms with Gasteiger partial charge in [-0.25, -0.2) is 0 Å². The summed E-state index contributed by atoms with van der Waals surface area (Å²) >= 11 is 4.72. The molecule has 0 bridgehead atoms. The van der Waals surface area contributed by atoms with Crippen LogP contribution in [0.4, 0.5) is 11.4 Å². The fourth-order valence-electron chi connectivity index (χ4n) is 2.87. The zero-order valence-electron chi connectivity index (χ0n) is 13.3. The van der Waals surface area contributed by atoms with Crippen molar-refractivity contribution in [2.45, 2.75) is 19.4 Å². The van der Waals surface area contributed by atoms with Crippen LogP contribution in [0.5, 0.6) is 0 Å². The molecule has 0 atom stereocenters. The minimum absolute atomic E-state index is 0.0364. The Labute approximate surface area is 156 Å². The number of halogens is 1. The fourth-order valence-corrected chi connectivity index (χ4v) is 4.38. The monoisotopic (exact) mass is 417 g/mol. The Morgan fingerprint density at radius 2 is 2.12 bits per heavy atom. The van der Waals surface area contributed by atoms with E-state index in [1.807, 2.05) is 24.3 Å². The molecule has 0 unspecified atom stereocenters. The number of thiophene rings is 1. The second kappa shape index (κ2) is 6.31. The van der Waals surface area contributed by atoms with E-state index < -0.39 is 5.91 Å². The number of fused-ring (bicyclic) bond motifs is 1. The molecular weight excluding hydrogens is 402 g/mol. The van der Waals surface area contributed by atoms with Gasteiger partial charge in [0.25, 0.3) is 11.5 Å². The maximum atomic E-state index is 12.3. The molecule has 25 heavy (non-hydrogen) atoms. The first-order chi connectivity index (χ1) is 12.0. The second-order valence-electron chi connectivity index (χ2n) is 6.25. The topological polar surface area (TPSA) is 77.1 Å². The molecule has 2 heterocycles. The Kier molecular flexibility index (Phi) is 4.13. The van der Waals surface area contributed by atoms with Crippen LogP contribution in [0.2, 0.25) is 0 Å². The highest BCUT2D eigenvalue weighted by Gasteiger charge is 2.25. The largest absolute Gasteiger partial charge is 0.365 e. The molecule has 1 saturated carbocycles. The normalized spacial score (nSPS) is 14.0. The molecule has 0 aliphatic heterocycles. The highest BCUT2D eigenvalue weighted by atomic mass is 79.9. The number of nitrogens with two attached hydrogens (primary N) is 1. The smallest absolute Gasteiger partial charge is 0.261 e. The van der Waals surface area contributed by atoms with Gasteiger partial charge >= 0.3 is 0 Å². The fraction of sp³-hybridized carbons (Fsp3) is 0.222. The third kappa shape index (κ3) is 3.21. The van der Waals surface area contributed by atoms with Crippen LogP contribution in [-0.2, 0) is 6.54 Å². The molecule has 1 amide bonds. The van der Waals surface area contributed by atoms with Gasteiger partial charge in [-0.05, 0) is 43.0 Å². The second-order valence-corrected chi connectivity index (χ2v) is 8.16. The van der Waals surface area contributed by atoms with Crippen LogP contribution in [0.15, 0.2) is 45.7 Å². The molecule has 1 aliphatic rings. The Morgan fingerprint density at radius 1 is 1.32 bits per heavy atom. The molecular formula is C18H16BrN3O2S. The van der Waals surface area contributed by atoms with Gasteiger partial charge in [0.1, 0.15) is 9.71 Å². The molecule has 0 radical (unpaired) electrons. The number of pyridine rings is 1. The number of primary amides is 1. The number of carbonyl (C=O) groups is 1. The Hall–Kier alpha value is -2.12. The number of amides is 1. The molecule has 128 valence electrons. The summed E-state index contributed by atoms with van der Waals surface area (Å²) in [6, 6.07) is 11.0. The van der Waals surface area contributed by atoms with Crippen LogP contribution < -0.4 is 16.6 Å². The summed E-state index contributed by atoms with van der Waals surface area (Å²) in [5, 5.41) is 4.14. The van der Waals surface area contributed by atoms with E-state index in [4.69, 9.17) is 5.73 Å². The van der Waals surface area contributed by atoms with Crippen LogP contribution in [0.1, 0.15) is 22.5 Å². The van der Waals surface area contributed by atoms with E-state index in [0.717, 1.165) is 33.2 Å². The van der Waals surface area contributed by atoms with E-state index in [1.54, 1.807) is 16.7 Å². The van der Waals surface area contributed by atoms with Crippen molar-refractivity contribution in [3.05, 3.63) is 56.1 Å². The molecule has 7 heteroatoms. The van der Waals surface area contributed by atoms with E-state index in [9.17, 15) is 9.59 Å². The van der Waals surface area contributed by atoms with Gasteiger partial charge < -0.3 is 11.1 Å². The van der Waals surface area contributed by atoms with Gasteiger partial charge in [0.2, 0.25) is 0 Å². The zero-order valence-corrected chi connectivity index (χ0v) is 15.7. The molecule has 1 aliphatic carbocycles. The van der Waals surface area contributed by atoms with E-state index in [1.165, 1.54) is 11.3 Å². The van der Waals surface area contributed by atoms with Crippen molar-refractivity contribution < 1.29 is 4.79 Å². The predicted molar refractivity (Wildman–Crippen MR) is 105 cm³/mol. The third-order valence-electron chi connectivity index (χ3n) is 4.28. The first-order valence-electron chi connectivity index (χ1n) is 8.01. The molecule has 1 aromatic carbocycles. The summed E-state index contributed by atoms with van der Waals surface area (Å²) in [6.07, 6.45) is 2.31. The van der Waals surface area contributed by atoms with Crippen LogP contribution in [0.3, 0.4) is 0 Å². The average Bonchev–Trinajstić information content (AvgIpc) is 3.31. The summed E-state index contributed by atoms with van der Waals surface area (Å²) < 4.78 is 2.71. The lowest BCUT2D eigenvalue weighted by Gasteiger charge is -2.09. The minimum atomic E-state index is -0.496. The highest BCUT2D eigenvalue weighted by Crippen LogP contribution is 2.38. The molecule has 5 nitrogen and oxygen atoms in total. The average molecular weight is 418 g/mol. The Balaban J connectivity index is 1.88. The highest BCUT2D eigenvalue weighted by molar-refractivity contribution is 9.10. The molecule has 3 N–H and O–H groups in total. The molecule has 0 saturated heterocycles. The number of rotatable bonds is 5. The van der Waals surface area contributed by atoms with E-state index in [0.29, 0.717) is 23.0 Å². The van der Waals surface area contributed by atoms with E-state index >= 15 is 0 Å². The number of aromatic nitrogens is 1. The van der Waals surface area contributed by atoms with Crippen molar-refractivity contribution in [1.29, 1.82) is 0 Å². The maximum absolute atomic E-state index is 12.3. The molecule has 4 rings (SSSR count). The number of carbonyl (C=O) groups excluding carboxylic acids is 1. The zero-order chi connectivity index (χ0) is 17.6. The summed E-state index contributed by atoms with van der Waals surface area (Å²) in [6.45, 7) is 0.700. The summed E-state index contributed by atoms with van der Waals surface area (Å²) in [7, 11) is 0. The minimum Gasteiger partial charge on any atom is -0.365 e. The lowest BCUT2D eigenvalue weighted by molar-refractivity contribution is 0.100. The predicted octanol–water partition coefficient (Wildman–Crippen LogP) is 4.08. The van der Waals surface area contributed by atoms with Crippen LogP contribution >= 0.6 is 27.3 Å². The van der Waals surface area contributed by atoms with Crippen molar-refractivity contribution in [2.24, 2.45) is 11.7 Å². The van der Waals surface area contributed by atoms with Gasteiger partial charge in [-0.2, -0.15) is 0 Å². The van der Waals surface area contributed by atoms with Crippen LogP contribution in [-0.4, -0.2) is 10.5 Å². The molecule has 2 aromatic heterocycles. The van der Waals surface area contributed by atoms with Crippen molar-refractivity contribution >= 4 is 54.8 Å². The van der Waals surface area contributed by atoms with Crippen LogP contribution in [0.25, 0.3) is 10.2 Å². The van der Waals surface area contributed by atoms with Crippen molar-refractivity contribution in [3.8, 4) is 0 Å². The van der Waals surface area contributed by atoms with E-state index in [2.05, 4.69) is 21.2 Å². The standard InChI is InChI=1S/C18H16BrN3O2S/c19-11-2-1-3-12(8-11)21-15-13-6-7-14(23)22(9-10-4-5-10)18(13)25-16(15)17(20)24/h1-3,6-8,10,21H,4-5,9H2,(H2,20,24). The van der Waals surface area contributed by atoms with Gasteiger partial charge in [-0.3, -0.25) is 14.2 Å². The van der Waals surface area contributed by atoms with Crippen molar-refractivity contribution in [3.63, 3.8) is 0 Å². The third-order valence-corrected chi connectivity index (χ3v) is 6.02. The lowest BCUT2D eigenvalue weighted by atomic mass is 10.2. The quantitative estimate of drug-likeness (QED) is 0.656. The van der Waals surface area contributed by atoms with E-state index in [-0.39, 0.29) is 5.56 Å². The number of hydrogen-bond donors (Lipinski definition) is 2. The maximum Gasteiger partial charge on any atom is 0.261 e. The summed E-state index contributed by atoms with van der Waals surface area (Å²) in [4.78, 5) is 25.5. The van der Waals surface area contributed by atoms with Gasteiger partial charge in [-0.1, -0.05) is 22.0 Å². The van der Waals surface area contributed by atoms with Gasteiger partial charge in [0.15, 0.2) is 0 Å².